The van der Waals surface area contributed by atoms with Crippen molar-refractivity contribution in [2.45, 2.75) is 6.42 Å². The molecule has 2 N–H and O–H groups in total. The summed E-state index contributed by atoms with van der Waals surface area (Å²) in [5, 5.41) is 0. The summed E-state index contributed by atoms with van der Waals surface area (Å²) < 4.78 is 2.74. The van der Waals surface area contributed by atoms with Crippen LogP contribution in [-0.4, -0.2) is 26.1 Å². The van der Waals surface area contributed by atoms with Gasteiger partial charge in [0.05, 0.1) is 4.47 Å². The Kier molecular flexibility index (Phi) is 3.08. The van der Waals surface area contributed by atoms with Crippen molar-refractivity contribution >= 4 is 15.9 Å². The van der Waals surface area contributed by atoms with Crippen molar-refractivity contribution in [1.29, 1.82) is 0 Å². The van der Waals surface area contributed by atoms with E-state index in [1.165, 1.54) is 6.33 Å². The summed E-state index contributed by atoms with van der Waals surface area (Å²) >= 11 is 3.40. The quantitative estimate of drug-likeness (QED) is 0.898. The van der Waals surface area contributed by atoms with Crippen LogP contribution >= 0.6 is 15.9 Å². The van der Waals surface area contributed by atoms with E-state index < -0.39 is 0 Å². The first-order valence-electron chi connectivity index (χ1n) is 4.51. The average Bonchev–Trinajstić information content (AvgIpc) is 2.67. The molecular formula is C9H10BrN5. The van der Waals surface area contributed by atoms with Crippen LogP contribution in [0, 0.1) is 0 Å². The molecule has 0 fully saturated rings. The summed E-state index contributed by atoms with van der Waals surface area (Å²) in [4.78, 5) is 12.3. The van der Waals surface area contributed by atoms with Gasteiger partial charge in [-0.1, -0.05) is 0 Å². The molecule has 0 aliphatic rings. The maximum Gasteiger partial charge on any atom is 0.155 e. The van der Waals surface area contributed by atoms with Crippen LogP contribution in [0.5, 0.6) is 0 Å². The van der Waals surface area contributed by atoms with Crippen molar-refractivity contribution in [2.24, 2.45) is 5.73 Å². The molecule has 5 nitrogen and oxygen atoms in total. The second-order valence-corrected chi connectivity index (χ2v) is 3.80. The van der Waals surface area contributed by atoms with Crippen LogP contribution in [0.4, 0.5) is 0 Å². The Morgan fingerprint density at radius 2 is 2.27 bits per heavy atom. The van der Waals surface area contributed by atoms with E-state index in [4.69, 9.17) is 5.73 Å². The van der Waals surface area contributed by atoms with E-state index in [0.29, 0.717) is 6.54 Å². The number of nitrogens with two attached hydrogens (primary N) is 1. The first-order chi connectivity index (χ1) is 7.33. The van der Waals surface area contributed by atoms with Crippen molar-refractivity contribution in [3.05, 3.63) is 35.2 Å². The van der Waals surface area contributed by atoms with Crippen molar-refractivity contribution in [3.8, 4) is 5.82 Å². The molecule has 6 heteroatoms. The number of rotatable bonds is 3. The first kappa shape index (κ1) is 10.3. The van der Waals surface area contributed by atoms with Crippen molar-refractivity contribution in [3.63, 3.8) is 0 Å². The van der Waals surface area contributed by atoms with Gasteiger partial charge in [-0.05, 0) is 22.5 Å². The van der Waals surface area contributed by atoms with Crippen LogP contribution < -0.4 is 5.73 Å². The lowest BCUT2D eigenvalue weighted by Gasteiger charge is -2.06. The molecule has 2 aromatic rings. The standard InChI is InChI=1S/C9H10BrN5/c10-7-5-12-6-14-9(7)15-4-3-13-8(15)1-2-11/h3-6H,1-2,11H2. The number of hydrogen-bond acceptors (Lipinski definition) is 4. The normalized spacial score (nSPS) is 10.5. The predicted molar refractivity (Wildman–Crippen MR) is 59.6 cm³/mol. The van der Waals surface area contributed by atoms with Gasteiger partial charge in [0.2, 0.25) is 0 Å². The lowest BCUT2D eigenvalue weighted by atomic mass is 10.4. The van der Waals surface area contributed by atoms with Crippen LogP contribution in [0.25, 0.3) is 5.82 Å². The van der Waals surface area contributed by atoms with E-state index in [2.05, 4.69) is 30.9 Å². The SMILES string of the molecule is NCCc1nccn1-c1ncncc1Br. The largest absolute Gasteiger partial charge is 0.330 e. The molecule has 15 heavy (non-hydrogen) atoms. The Bertz CT molecular complexity index is 453. The number of imidazole rings is 1. The molecule has 0 atom stereocenters. The van der Waals surface area contributed by atoms with Gasteiger partial charge in [-0.2, -0.15) is 0 Å². The topological polar surface area (TPSA) is 69.6 Å². The highest BCUT2D eigenvalue weighted by atomic mass is 79.9. The Hall–Kier alpha value is -1.27. The van der Waals surface area contributed by atoms with Crippen LogP contribution in [0.3, 0.4) is 0 Å². The smallest absolute Gasteiger partial charge is 0.155 e. The monoisotopic (exact) mass is 267 g/mol. The Balaban J connectivity index is 2.45. The maximum absolute atomic E-state index is 5.51. The number of halogens is 1. The second kappa shape index (κ2) is 4.50. The van der Waals surface area contributed by atoms with Crippen molar-refractivity contribution in [1.82, 2.24) is 19.5 Å². The molecule has 0 unspecified atom stereocenters. The number of aromatic nitrogens is 4. The van der Waals surface area contributed by atoms with Gasteiger partial charge in [-0.25, -0.2) is 15.0 Å². The molecule has 0 spiro atoms. The Labute approximate surface area is 95.5 Å². The average molecular weight is 268 g/mol. The van der Waals surface area contributed by atoms with Crippen LogP contribution in [0.2, 0.25) is 0 Å². The van der Waals surface area contributed by atoms with Gasteiger partial charge in [0, 0.05) is 25.0 Å². The Morgan fingerprint density at radius 3 is 3.00 bits per heavy atom. The molecule has 0 radical (unpaired) electrons. The fourth-order valence-electron chi connectivity index (χ4n) is 1.32. The summed E-state index contributed by atoms with van der Waals surface area (Å²) in [6.07, 6.45) is 7.53. The van der Waals surface area contributed by atoms with Gasteiger partial charge in [0.15, 0.2) is 5.82 Å². The minimum absolute atomic E-state index is 0.569. The van der Waals surface area contributed by atoms with Gasteiger partial charge in [-0.3, -0.25) is 4.57 Å². The summed E-state index contributed by atoms with van der Waals surface area (Å²) in [7, 11) is 0. The van der Waals surface area contributed by atoms with Crippen molar-refractivity contribution < 1.29 is 0 Å². The first-order valence-corrected chi connectivity index (χ1v) is 5.30. The molecule has 0 saturated heterocycles. The molecule has 78 valence electrons. The third kappa shape index (κ3) is 2.05. The van der Waals surface area contributed by atoms with Gasteiger partial charge in [-0.15, -0.1) is 0 Å². The molecule has 0 bridgehead atoms. The van der Waals surface area contributed by atoms with Crippen molar-refractivity contribution in [2.75, 3.05) is 6.54 Å². The lowest BCUT2D eigenvalue weighted by Crippen LogP contribution is -2.10. The van der Waals surface area contributed by atoms with Crippen LogP contribution in [-0.2, 0) is 6.42 Å². The number of nitrogens with zero attached hydrogens (tertiary/aromatic N) is 4. The van der Waals surface area contributed by atoms with E-state index in [1.54, 1.807) is 12.4 Å². The predicted octanol–water partition coefficient (Wildman–Crippen LogP) is 0.926. The molecule has 0 saturated carbocycles. The molecule has 0 aliphatic carbocycles. The highest BCUT2D eigenvalue weighted by Crippen LogP contribution is 2.17. The second-order valence-electron chi connectivity index (χ2n) is 2.95. The minimum Gasteiger partial charge on any atom is -0.330 e. The lowest BCUT2D eigenvalue weighted by molar-refractivity contribution is 0.817. The fourth-order valence-corrected chi connectivity index (χ4v) is 1.74. The third-order valence-corrected chi connectivity index (χ3v) is 2.52. The maximum atomic E-state index is 5.51. The van der Waals surface area contributed by atoms with E-state index in [1.807, 2.05) is 10.8 Å². The van der Waals surface area contributed by atoms with Gasteiger partial charge >= 0.3 is 0 Å². The zero-order valence-electron chi connectivity index (χ0n) is 7.97. The fraction of sp³-hybridized carbons (Fsp3) is 0.222. The third-order valence-electron chi connectivity index (χ3n) is 1.96. The highest BCUT2D eigenvalue weighted by Gasteiger charge is 2.08. The van der Waals surface area contributed by atoms with E-state index in [-0.39, 0.29) is 0 Å². The Morgan fingerprint density at radius 1 is 1.40 bits per heavy atom. The summed E-state index contributed by atoms with van der Waals surface area (Å²) in [5.41, 5.74) is 5.51. The minimum atomic E-state index is 0.569. The molecule has 0 aromatic carbocycles. The molecule has 0 aliphatic heterocycles. The molecule has 2 heterocycles. The summed E-state index contributed by atoms with van der Waals surface area (Å²) in [6, 6.07) is 0. The summed E-state index contributed by atoms with van der Waals surface area (Å²) in [6.45, 7) is 0.569. The van der Waals surface area contributed by atoms with Crippen LogP contribution in [0.1, 0.15) is 5.82 Å². The molecule has 0 amide bonds. The van der Waals surface area contributed by atoms with Crippen LogP contribution in [0.15, 0.2) is 29.4 Å². The zero-order valence-corrected chi connectivity index (χ0v) is 9.55. The zero-order chi connectivity index (χ0) is 10.7. The van der Waals surface area contributed by atoms with Gasteiger partial charge in [0.25, 0.3) is 0 Å². The summed E-state index contributed by atoms with van der Waals surface area (Å²) in [5.74, 6) is 1.68. The van der Waals surface area contributed by atoms with E-state index in [9.17, 15) is 0 Å². The molecular weight excluding hydrogens is 258 g/mol. The van der Waals surface area contributed by atoms with Gasteiger partial charge < -0.3 is 5.73 Å². The molecule has 2 rings (SSSR count). The highest BCUT2D eigenvalue weighted by molar-refractivity contribution is 9.10. The van der Waals surface area contributed by atoms with E-state index in [0.717, 1.165) is 22.5 Å². The molecule has 2 aromatic heterocycles. The van der Waals surface area contributed by atoms with E-state index >= 15 is 0 Å². The van der Waals surface area contributed by atoms with Gasteiger partial charge in [0.1, 0.15) is 12.2 Å². The number of hydrogen-bond donors (Lipinski definition) is 1.